The largest absolute Gasteiger partial charge is 0.346 e. The number of H-pyrrole nitrogens is 1. The molecule has 0 aliphatic rings. The molecule has 7 nitrogen and oxygen atoms in total. The van der Waals surface area contributed by atoms with E-state index in [0.29, 0.717) is 0 Å². The fraction of sp³-hybridized carbons (Fsp3) is 0.0476. The smallest absolute Gasteiger partial charge is 0.238 e. The Morgan fingerprint density at radius 3 is 2.69 bits per heavy atom. The van der Waals surface area contributed by atoms with E-state index in [9.17, 15) is 8.42 Å². The minimum absolute atomic E-state index is 0.0750. The summed E-state index contributed by atoms with van der Waals surface area (Å²) < 4.78 is 25.4. The number of nitrogens with two attached hydrogens (primary N) is 1. The molecular formula is C21H17N5O2S. The van der Waals surface area contributed by atoms with Crippen molar-refractivity contribution in [3.8, 4) is 22.3 Å². The lowest BCUT2D eigenvalue weighted by Crippen LogP contribution is -2.11. The van der Waals surface area contributed by atoms with Gasteiger partial charge in [0.25, 0.3) is 0 Å². The van der Waals surface area contributed by atoms with Gasteiger partial charge in [-0.2, -0.15) is 0 Å². The molecule has 5 rings (SSSR count). The van der Waals surface area contributed by atoms with Gasteiger partial charge in [-0.15, -0.1) is 0 Å². The molecule has 2 aromatic carbocycles. The van der Waals surface area contributed by atoms with Crippen molar-refractivity contribution in [1.82, 2.24) is 19.5 Å². The number of aromatic amines is 1. The maximum absolute atomic E-state index is 11.7. The molecule has 8 heteroatoms. The fourth-order valence-electron chi connectivity index (χ4n) is 3.55. The number of hydrogen-bond acceptors (Lipinski definition) is 4. The molecule has 3 N–H and O–H groups in total. The van der Waals surface area contributed by atoms with E-state index >= 15 is 0 Å². The second-order valence-corrected chi connectivity index (χ2v) is 8.52. The SMILES string of the molecule is Cn1cnc2ccc(-c3c[nH]c4ncc(-c5cccc(S(N)(=O)=O)c5)cc34)cc21. The van der Waals surface area contributed by atoms with Gasteiger partial charge in [0.1, 0.15) is 5.65 Å². The number of rotatable bonds is 3. The molecule has 0 saturated carbocycles. The Kier molecular flexibility index (Phi) is 3.80. The zero-order chi connectivity index (χ0) is 20.2. The second kappa shape index (κ2) is 6.26. The van der Waals surface area contributed by atoms with Crippen LogP contribution in [-0.4, -0.2) is 27.9 Å². The Hall–Kier alpha value is -3.49. The van der Waals surface area contributed by atoms with Gasteiger partial charge in [-0.3, -0.25) is 0 Å². The molecular weight excluding hydrogens is 386 g/mol. The molecule has 29 heavy (non-hydrogen) atoms. The lowest BCUT2D eigenvalue weighted by atomic mass is 10.0. The van der Waals surface area contributed by atoms with E-state index in [2.05, 4.69) is 21.0 Å². The number of hydrogen-bond donors (Lipinski definition) is 2. The number of benzene rings is 2. The molecule has 0 atom stereocenters. The predicted molar refractivity (Wildman–Crippen MR) is 113 cm³/mol. The maximum Gasteiger partial charge on any atom is 0.238 e. The van der Waals surface area contributed by atoms with Crippen molar-refractivity contribution in [2.75, 3.05) is 0 Å². The van der Waals surface area contributed by atoms with Crippen molar-refractivity contribution < 1.29 is 8.42 Å². The van der Waals surface area contributed by atoms with Crippen molar-refractivity contribution in [3.63, 3.8) is 0 Å². The van der Waals surface area contributed by atoms with Crippen LogP contribution in [0.4, 0.5) is 0 Å². The van der Waals surface area contributed by atoms with Crippen LogP contribution in [0.5, 0.6) is 0 Å². The van der Waals surface area contributed by atoms with E-state index in [0.717, 1.165) is 44.3 Å². The number of aromatic nitrogens is 4. The summed E-state index contributed by atoms with van der Waals surface area (Å²) in [4.78, 5) is 12.2. The number of nitrogens with zero attached hydrogens (tertiary/aromatic N) is 3. The second-order valence-electron chi connectivity index (χ2n) is 6.95. The van der Waals surface area contributed by atoms with Gasteiger partial charge in [0.2, 0.25) is 10.0 Å². The number of sulfonamides is 1. The van der Waals surface area contributed by atoms with Crippen LogP contribution in [0.1, 0.15) is 0 Å². The molecule has 3 heterocycles. The molecule has 0 aliphatic carbocycles. The zero-order valence-corrected chi connectivity index (χ0v) is 16.3. The summed E-state index contributed by atoms with van der Waals surface area (Å²) in [5.74, 6) is 0. The highest BCUT2D eigenvalue weighted by Crippen LogP contribution is 2.32. The topological polar surface area (TPSA) is 107 Å². The summed E-state index contributed by atoms with van der Waals surface area (Å²) in [5.41, 5.74) is 6.35. The average molecular weight is 403 g/mol. The van der Waals surface area contributed by atoms with Crippen molar-refractivity contribution in [1.29, 1.82) is 0 Å². The molecule has 0 spiro atoms. The highest BCUT2D eigenvalue weighted by molar-refractivity contribution is 7.89. The molecule has 0 bridgehead atoms. The molecule has 3 aromatic heterocycles. The maximum atomic E-state index is 11.7. The lowest BCUT2D eigenvalue weighted by Gasteiger charge is -2.06. The summed E-state index contributed by atoms with van der Waals surface area (Å²) in [7, 11) is -1.81. The van der Waals surface area contributed by atoms with Gasteiger partial charge < -0.3 is 9.55 Å². The first-order valence-electron chi connectivity index (χ1n) is 8.92. The first kappa shape index (κ1) is 17.6. The van der Waals surface area contributed by atoms with Crippen LogP contribution < -0.4 is 5.14 Å². The third kappa shape index (κ3) is 2.98. The Morgan fingerprint density at radius 2 is 1.86 bits per heavy atom. The van der Waals surface area contributed by atoms with Crippen LogP contribution in [0.2, 0.25) is 0 Å². The van der Waals surface area contributed by atoms with E-state index in [-0.39, 0.29) is 4.90 Å². The van der Waals surface area contributed by atoms with Gasteiger partial charge >= 0.3 is 0 Å². The van der Waals surface area contributed by atoms with E-state index in [1.165, 1.54) is 6.07 Å². The predicted octanol–water partition coefficient (Wildman–Crippen LogP) is 3.43. The molecule has 0 amide bonds. The standard InChI is InChI=1S/C21H17N5O2S/c1-26-12-25-19-6-5-14(9-20(19)26)18-11-24-21-17(18)8-15(10-23-21)13-3-2-4-16(7-13)29(22,27)28/h2-12H,1H3,(H,23,24)(H2,22,27,28). The molecule has 0 radical (unpaired) electrons. The van der Waals surface area contributed by atoms with Crippen LogP contribution >= 0.6 is 0 Å². The van der Waals surface area contributed by atoms with Crippen molar-refractivity contribution in [2.45, 2.75) is 4.90 Å². The van der Waals surface area contributed by atoms with Crippen LogP contribution in [0.25, 0.3) is 44.3 Å². The van der Waals surface area contributed by atoms with Crippen LogP contribution in [0.15, 0.2) is 72.1 Å². The van der Waals surface area contributed by atoms with Gasteiger partial charge in [-0.1, -0.05) is 18.2 Å². The Balaban J connectivity index is 1.67. The highest BCUT2D eigenvalue weighted by atomic mass is 32.2. The van der Waals surface area contributed by atoms with Crippen LogP contribution in [0.3, 0.4) is 0 Å². The van der Waals surface area contributed by atoms with Crippen molar-refractivity contribution in [2.24, 2.45) is 12.2 Å². The quantitative estimate of drug-likeness (QED) is 0.481. The number of primary sulfonamides is 1. The molecule has 0 unspecified atom stereocenters. The van der Waals surface area contributed by atoms with Gasteiger partial charge in [-0.25, -0.2) is 23.5 Å². The average Bonchev–Trinajstić information content (AvgIpc) is 3.30. The van der Waals surface area contributed by atoms with Gasteiger partial charge in [-0.05, 0) is 41.5 Å². The van der Waals surface area contributed by atoms with Gasteiger partial charge in [0.05, 0.1) is 22.3 Å². The molecule has 144 valence electrons. The number of fused-ring (bicyclic) bond motifs is 2. The van der Waals surface area contributed by atoms with Crippen molar-refractivity contribution >= 4 is 32.1 Å². The van der Waals surface area contributed by atoms with Crippen molar-refractivity contribution in [3.05, 3.63) is 67.3 Å². The van der Waals surface area contributed by atoms with E-state index in [1.54, 1.807) is 24.7 Å². The van der Waals surface area contributed by atoms with Crippen LogP contribution in [-0.2, 0) is 17.1 Å². The zero-order valence-electron chi connectivity index (χ0n) is 15.5. The minimum Gasteiger partial charge on any atom is -0.346 e. The van der Waals surface area contributed by atoms with Gasteiger partial charge in [0.15, 0.2) is 0 Å². The molecule has 0 fully saturated rings. The molecule has 0 aliphatic heterocycles. The lowest BCUT2D eigenvalue weighted by molar-refractivity contribution is 0.598. The minimum atomic E-state index is -3.77. The Morgan fingerprint density at radius 1 is 1.00 bits per heavy atom. The first-order valence-corrected chi connectivity index (χ1v) is 10.5. The van der Waals surface area contributed by atoms with E-state index < -0.39 is 10.0 Å². The Bertz CT molecular complexity index is 1500. The summed E-state index contributed by atoms with van der Waals surface area (Å²) in [6, 6.07) is 14.7. The van der Waals surface area contributed by atoms with E-state index in [4.69, 9.17) is 5.14 Å². The summed E-state index contributed by atoms with van der Waals surface area (Å²) in [6.07, 6.45) is 5.44. The number of aryl methyl sites for hydroxylation is 1. The molecule has 5 aromatic rings. The normalized spacial score (nSPS) is 12.1. The monoisotopic (exact) mass is 403 g/mol. The summed E-state index contributed by atoms with van der Waals surface area (Å²) in [6.45, 7) is 0. The summed E-state index contributed by atoms with van der Waals surface area (Å²) in [5, 5.41) is 6.22. The number of pyridine rings is 1. The third-order valence-corrected chi connectivity index (χ3v) is 5.97. The number of imidazole rings is 1. The first-order chi connectivity index (χ1) is 13.9. The number of nitrogens with one attached hydrogen (secondary N) is 1. The molecule has 0 saturated heterocycles. The summed E-state index contributed by atoms with van der Waals surface area (Å²) >= 11 is 0. The fourth-order valence-corrected chi connectivity index (χ4v) is 4.11. The van der Waals surface area contributed by atoms with Gasteiger partial charge in [0, 0.05) is 36.0 Å². The van der Waals surface area contributed by atoms with Crippen LogP contribution in [0, 0.1) is 0 Å². The third-order valence-electron chi connectivity index (χ3n) is 5.06. The highest BCUT2D eigenvalue weighted by Gasteiger charge is 2.13. The Labute approximate surface area is 166 Å². The van der Waals surface area contributed by atoms with E-state index in [1.807, 2.05) is 42.1 Å².